The summed E-state index contributed by atoms with van der Waals surface area (Å²) in [5.41, 5.74) is 4.38. The van der Waals surface area contributed by atoms with Crippen molar-refractivity contribution >= 4 is 40.5 Å². The van der Waals surface area contributed by atoms with E-state index in [1.165, 1.54) is 18.4 Å². The van der Waals surface area contributed by atoms with Gasteiger partial charge < -0.3 is 10.6 Å². The molecule has 0 saturated heterocycles. The van der Waals surface area contributed by atoms with E-state index in [2.05, 4.69) is 22.8 Å². The van der Waals surface area contributed by atoms with E-state index in [0.29, 0.717) is 11.8 Å². The van der Waals surface area contributed by atoms with Gasteiger partial charge in [-0.1, -0.05) is 42.1 Å². The number of nitrogens with one attached hydrogen (secondary N) is 2. The molecule has 2 fully saturated rings. The summed E-state index contributed by atoms with van der Waals surface area (Å²) >= 11 is 13.1. The average molecular weight is 415 g/mol. The fourth-order valence-corrected chi connectivity index (χ4v) is 5.61. The maximum atomic E-state index is 12.2. The number of hydrogen-bond acceptors (Lipinski definition) is 2. The second-order valence-corrected chi connectivity index (χ2v) is 9.19. The molecular weight excluding hydrogens is 391 g/mol. The number of fused-ring (bicyclic) bond motifs is 3. The van der Waals surface area contributed by atoms with Crippen LogP contribution in [0.15, 0.2) is 36.4 Å². The molecule has 1 amide bonds. The number of rotatable bonds is 3. The molecule has 146 valence electrons. The third kappa shape index (κ3) is 3.29. The van der Waals surface area contributed by atoms with Gasteiger partial charge in [0, 0.05) is 32.9 Å². The molecule has 5 heteroatoms. The Bertz CT molecular complexity index is 905. The molecule has 2 aliphatic carbocycles. The molecule has 2 N–H and O–H groups in total. The summed E-state index contributed by atoms with van der Waals surface area (Å²) in [6, 6.07) is 12.1. The van der Waals surface area contributed by atoms with Crippen LogP contribution in [0, 0.1) is 11.8 Å². The number of hydrogen-bond donors (Lipinski definition) is 2. The molecule has 28 heavy (non-hydrogen) atoms. The molecule has 0 radical (unpaired) electrons. The second kappa shape index (κ2) is 7.27. The third-order valence-electron chi connectivity index (χ3n) is 6.54. The lowest BCUT2D eigenvalue weighted by Crippen LogP contribution is -2.34. The number of benzene rings is 2. The summed E-state index contributed by atoms with van der Waals surface area (Å²) in [5, 5.41) is 8.29. The molecular formula is C23H24Cl2N2O. The zero-order chi connectivity index (χ0) is 19.3. The van der Waals surface area contributed by atoms with Crippen LogP contribution in [-0.4, -0.2) is 5.91 Å². The Morgan fingerprint density at radius 3 is 2.50 bits per heavy atom. The van der Waals surface area contributed by atoms with Crippen LogP contribution in [0.25, 0.3) is 0 Å². The van der Waals surface area contributed by atoms with E-state index in [9.17, 15) is 4.79 Å². The van der Waals surface area contributed by atoms with Gasteiger partial charge in [0.15, 0.2) is 0 Å². The van der Waals surface area contributed by atoms with Gasteiger partial charge in [-0.2, -0.15) is 0 Å². The van der Waals surface area contributed by atoms with Crippen molar-refractivity contribution in [2.24, 2.45) is 11.8 Å². The molecule has 3 nitrogen and oxygen atoms in total. The first-order valence-electron chi connectivity index (χ1n) is 10.3. The number of anilines is 2. The second-order valence-electron chi connectivity index (χ2n) is 8.38. The van der Waals surface area contributed by atoms with E-state index < -0.39 is 0 Å². The highest BCUT2D eigenvalue weighted by Gasteiger charge is 2.40. The molecule has 2 saturated carbocycles. The van der Waals surface area contributed by atoms with Crippen LogP contribution in [0.5, 0.6) is 0 Å². The Morgan fingerprint density at radius 1 is 1.00 bits per heavy atom. The number of carbonyl (C=O) groups excluding carboxylic acids is 1. The van der Waals surface area contributed by atoms with Crippen molar-refractivity contribution in [1.82, 2.24) is 0 Å². The minimum absolute atomic E-state index is 0.117. The van der Waals surface area contributed by atoms with E-state index >= 15 is 0 Å². The minimum atomic E-state index is 0.117. The number of carbonyl (C=O) groups is 1. The first-order valence-corrected chi connectivity index (χ1v) is 11.0. The summed E-state index contributed by atoms with van der Waals surface area (Å²) < 4.78 is 0. The summed E-state index contributed by atoms with van der Waals surface area (Å²) in [6.07, 6.45) is 6.82. The van der Waals surface area contributed by atoms with Gasteiger partial charge in [0.25, 0.3) is 0 Å². The van der Waals surface area contributed by atoms with Crippen LogP contribution < -0.4 is 10.6 Å². The van der Waals surface area contributed by atoms with Crippen molar-refractivity contribution in [2.45, 2.75) is 50.5 Å². The van der Waals surface area contributed by atoms with Crippen LogP contribution in [0.3, 0.4) is 0 Å². The highest BCUT2D eigenvalue weighted by Crippen LogP contribution is 2.53. The molecule has 5 rings (SSSR count). The first-order chi connectivity index (χ1) is 13.6. The minimum Gasteiger partial charge on any atom is -0.378 e. The predicted molar refractivity (Wildman–Crippen MR) is 115 cm³/mol. The van der Waals surface area contributed by atoms with Gasteiger partial charge in [-0.3, -0.25) is 4.79 Å². The van der Waals surface area contributed by atoms with Crippen molar-refractivity contribution < 1.29 is 4.79 Å². The summed E-state index contributed by atoms with van der Waals surface area (Å²) in [5.74, 6) is 1.28. The van der Waals surface area contributed by atoms with Gasteiger partial charge >= 0.3 is 0 Å². The van der Waals surface area contributed by atoms with Crippen molar-refractivity contribution in [3.8, 4) is 0 Å². The summed E-state index contributed by atoms with van der Waals surface area (Å²) in [6.45, 7) is 0. The highest BCUT2D eigenvalue weighted by molar-refractivity contribution is 6.36. The molecule has 2 aromatic rings. The predicted octanol–water partition coefficient (Wildman–Crippen LogP) is 6.78. The molecule has 2 aromatic carbocycles. The summed E-state index contributed by atoms with van der Waals surface area (Å²) in [7, 11) is 0. The summed E-state index contributed by atoms with van der Waals surface area (Å²) in [4.78, 5) is 12.2. The van der Waals surface area contributed by atoms with Crippen molar-refractivity contribution in [2.75, 3.05) is 10.6 Å². The van der Waals surface area contributed by atoms with Gasteiger partial charge in [0.2, 0.25) is 5.91 Å². The molecule has 3 aliphatic rings. The Balaban J connectivity index is 1.51. The molecule has 1 aliphatic heterocycles. The SMILES string of the molecule is O=C(Nc1ccc2c(c1)C1CCCCC1C(c1c(Cl)cccc1Cl)N2)C1CC1. The van der Waals surface area contributed by atoms with Crippen molar-refractivity contribution in [3.05, 3.63) is 57.6 Å². The lowest BCUT2D eigenvalue weighted by molar-refractivity contribution is -0.117. The zero-order valence-corrected chi connectivity index (χ0v) is 17.2. The molecule has 3 unspecified atom stereocenters. The van der Waals surface area contributed by atoms with Crippen LogP contribution in [0.4, 0.5) is 11.4 Å². The van der Waals surface area contributed by atoms with Crippen LogP contribution in [0.2, 0.25) is 10.0 Å². The highest BCUT2D eigenvalue weighted by atomic mass is 35.5. The van der Waals surface area contributed by atoms with E-state index in [4.69, 9.17) is 23.2 Å². The fraction of sp³-hybridized carbons (Fsp3) is 0.435. The largest absolute Gasteiger partial charge is 0.378 e. The molecule has 0 spiro atoms. The van der Waals surface area contributed by atoms with Crippen molar-refractivity contribution in [1.29, 1.82) is 0 Å². The number of amides is 1. The molecule has 1 heterocycles. The van der Waals surface area contributed by atoms with Gasteiger partial charge in [0.05, 0.1) is 6.04 Å². The Hall–Kier alpha value is -1.71. The molecule has 0 bridgehead atoms. The van der Waals surface area contributed by atoms with E-state index in [1.54, 1.807) is 0 Å². The standard InChI is InChI=1S/C23H24Cl2N2O/c24-18-6-3-7-19(25)21(18)22-16-5-2-1-4-15(16)17-12-14(10-11-20(17)27-22)26-23(28)13-8-9-13/h3,6-7,10-13,15-16,22,27H,1-2,4-5,8-9H2,(H,26,28). The van der Waals surface area contributed by atoms with E-state index in [-0.39, 0.29) is 17.9 Å². The van der Waals surface area contributed by atoms with Crippen LogP contribution in [0.1, 0.15) is 61.6 Å². The van der Waals surface area contributed by atoms with E-state index in [1.807, 2.05) is 24.3 Å². The topological polar surface area (TPSA) is 41.1 Å². The Labute approximate surface area is 175 Å². The van der Waals surface area contributed by atoms with Crippen LogP contribution in [-0.2, 0) is 4.79 Å². The Morgan fingerprint density at radius 2 is 1.75 bits per heavy atom. The Kier molecular flexibility index (Phi) is 4.76. The quantitative estimate of drug-likeness (QED) is 0.580. The van der Waals surface area contributed by atoms with Gasteiger partial charge in [-0.25, -0.2) is 0 Å². The molecule has 0 aromatic heterocycles. The smallest absolute Gasteiger partial charge is 0.227 e. The normalized spacial score (nSPS) is 26.0. The first kappa shape index (κ1) is 18.3. The van der Waals surface area contributed by atoms with Gasteiger partial charge in [-0.05, 0) is 73.4 Å². The van der Waals surface area contributed by atoms with Gasteiger partial charge in [-0.15, -0.1) is 0 Å². The molecule has 3 atom stereocenters. The lowest BCUT2D eigenvalue weighted by atomic mass is 9.68. The average Bonchev–Trinajstić information content (AvgIpc) is 3.53. The van der Waals surface area contributed by atoms with Crippen molar-refractivity contribution in [3.63, 3.8) is 0 Å². The third-order valence-corrected chi connectivity index (χ3v) is 7.20. The maximum absolute atomic E-state index is 12.2. The van der Waals surface area contributed by atoms with Crippen LogP contribution >= 0.6 is 23.2 Å². The zero-order valence-electron chi connectivity index (χ0n) is 15.7. The fourth-order valence-electron chi connectivity index (χ4n) is 4.98. The lowest BCUT2D eigenvalue weighted by Gasteiger charge is -2.44. The monoisotopic (exact) mass is 414 g/mol. The van der Waals surface area contributed by atoms with E-state index in [0.717, 1.165) is 52.7 Å². The maximum Gasteiger partial charge on any atom is 0.227 e. The number of halogens is 2. The van der Waals surface area contributed by atoms with Gasteiger partial charge in [0.1, 0.15) is 0 Å².